The van der Waals surface area contributed by atoms with E-state index in [1.54, 1.807) is 12.1 Å². The second-order valence-electron chi connectivity index (χ2n) is 5.52. The molecule has 0 aromatic heterocycles. The molecular formula is C16H18ClNO5. The average Bonchev–Trinajstić information content (AvgIpc) is 2.92. The van der Waals surface area contributed by atoms with Crippen molar-refractivity contribution < 1.29 is 23.8 Å². The predicted molar refractivity (Wildman–Crippen MR) is 83.1 cm³/mol. The molecule has 0 spiro atoms. The molecular weight excluding hydrogens is 322 g/mol. The summed E-state index contributed by atoms with van der Waals surface area (Å²) in [7, 11) is 1.33. The fourth-order valence-electron chi connectivity index (χ4n) is 2.91. The molecule has 0 aliphatic carbocycles. The lowest BCUT2D eigenvalue weighted by Gasteiger charge is -2.23. The molecule has 0 N–H and O–H groups in total. The van der Waals surface area contributed by atoms with E-state index < -0.39 is 12.0 Å². The first-order chi connectivity index (χ1) is 11.1. The highest BCUT2D eigenvalue weighted by molar-refractivity contribution is 6.32. The van der Waals surface area contributed by atoms with Gasteiger partial charge in [0.15, 0.2) is 11.5 Å². The second kappa shape index (κ2) is 6.66. The van der Waals surface area contributed by atoms with Crippen LogP contribution < -0.4 is 9.47 Å². The van der Waals surface area contributed by atoms with Crippen LogP contribution in [0, 0.1) is 0 Å². The van der Waals surface area contributed by atoms with E-state index in [1.807, 2.05) is 0 Å². The third-order valence-corrected chi connectivity index (χ3v) is 4.32. The van der Waals surface area contributed by atoms with Gasteiger partial charge in [0.25, 0.3) is 5.91 Å². The number of hydrogen-bond donors (Lipinski definition) is 0. The fraction of sp³-hybridized carbons (Fsp3) is 0.500. The van der Waals surface area contributed by atoms with Gasteiger partial charge in [-0.25, -0.2) is 4.79 Å². The number of rotatable bonds is 2. The minimum absolute atomic E-state index is 0.254. The smallest absolute Gasteiger partial charge is 0.328 e. The van der Waals surface area contributed by atoms with Crippen molar-refractivity contribution in [3.8, 4) is 11.5 Å². The summed E-state index contributed by atoms with van der Waals surface area (Å²) >= 11 is 6.23. The van der Waals surface area contributed by atoms with Gasteiger partial charge < -0.3 is 19.1 Å². The van der Waals surface area contributed by atoms with E-state index in [0.29, 0.717) is 48.3 Å². The average molecular weight is 340 g/mol. The number of methoxy groups -OCH3 is 1. The maximum Gasteiger partial charge on any atom is 0.328 e. The molecule has 0 bridgehead atoms. The molecule has 1 aromatic rings. The number of carbonyl (C=O) groups excluding carboxylic acids is 2. The van der Waals surface area contributed by atoms with Crippen LogP contribution in [0.4, 0.5) is 0 Å². The van der Waals surface area contributed by atoms with Crippen molar-refractivity contribution in [3.63, 3.8) is 0 Å². The minimum Gasteiger partial charge on any atom is -0.489 e. The third kappa shape index (κ3) is 3.08. The molecule has 2 aliphatic heterocycles. The molecule has 1 saturated heterocycles. The lowest BCUT2D eigenvalue weighted by molar-refractivity contribution is -0.145. The van der Waals surface area contributed by atoms with Crippen LogP contribution >= 0.6 is 11.6 Å². The number of halogens is 1. The summed E-state index contributed by atoms with van der Waals surface area (Å²) in [5.74, 6) is 0.283. The van der Waals surface area contributed by atoms with Crippen molar-refractivity contribution in [1.29, 1.82) is 0 Å². The van der Waals surface area contributed by atoms with Gasteiger partial charge in [-0.05, 0) is 25.0 Å². The highest BCUT2D eigenvalue weighted by Gasteiger charge is 2.35. The molecule has 0 unspecified atom stereocenters. The zero-order valence-corrected chi connectivity index (χ0v) is 13.6. The maximum absolute atomic E-state index is 12.8. The molecule has 1 aromatic carbocycles. The van der Waals surface area contributed by atoms with E-state index in [0.717, 1.165) is 12.8 Å². The third-order valence-electron chi connectivity index (χ3n) is 4.04. The predicted octanol–water partition coefficient (Wildman–Crippen LogP) is 2.28. The normalized spacial score (nSPS) is 20.1. The van der Waals surface area contributed by atoms with E-state index in [9.17, 15) is 9.59 Å². The molecule has 23 heavy (non-hydrogen) atoms. The number of likely N-dealkylation sites (tertiary alicyclic amines) is 1. The first-order valence-corrected chi connectivity index (χ1v) is 7.97. The van der Waals surface area contributed by atoms with Crippen LogP contribution in [0.5, 0.6) is 11.5 Å². The van der Waals surface area contributed by atoms with Gasteiger partial charge in [0.05, 0.1) is 25.3 Å². The number of hydrogen-bond acceptors (Lipinski definition) is 5. The Balaban J connectivity index is 1.89. The summed E-state index contributed by atoms with van der Waals surface area (Å²) in [4.78, 5) is 26.1. The SMILES string of the molecule is COC(=O)[C@H]1CCCN1C(=O)c1cc(Cl)c2c(c1)OCCCO2. The van der Waals surface area contributed by atoms with Gasteiger partial charge in [-0.1, -0.05) is 11.6 Å². The Hall–Kier alpha value is -1.95. The van der Waals surface area contributed by atoms with Crippen molar-refractivity contribution in [2.45, 2.75) is 25.3 Å². The summed E-state index contributed by atoms with van der Waals surface area (Å²) in [5, 5.41) is 0.335. The van der Waals surface area contributed by atoms with Gasteiger partial charge in [0.1, 0.15) is 6.04 Å². The molecule has 1 atom stereocenters. The van der Waals surface area contributed by atoms with Gasteiger partial charge in [0.2, 0.25) is 0 Å². The second-order valence-corrected chi connectivity index (χ2v) is 5.92. The van der Waals surface area contributed by atoms with Gasteiger partial charge in [-0.3, -0.25) is 4.79 Å². The summed E-state index contributed by atoms with van der Waals surface area (Å²) < 4.78 is 15.9. The van der Waals surface area contributed by atoms with Crippen molar-refractivity contribution >= 4 is 23.5 Å². The molecule has 0 radical (unpaired) electrons. The number of benzene rings is 1. The summed E-state index contributed by atoms with van der Waals surface area (Å²) in [6.07, 6.45) is 2.13. The van der Waals surface area contributed by atoms with Crippen LogP contribution in [0.2, 0.25) is 5.02 Å². The largest absolute Gasteiger partial charge is 0.489 e. The van der Waals surface area contributed by atoms with Gasteiger partial charge >= 0.3 is 5.97 Å². The minimum atomic E-state index is -0.540. The molecule has 6 nitrogen and oxygen atoms in total. The van der Waals surface area contributed by atoms with Crippen molar-refractivity contribution in [3.05, 3.63) is 22.7 Å². The van der Waals surface area contributed by atoms with Gasteiger partial charge in [-0.15, -0.1) is 0 Å². The Bertz CT molecular complexity index is 633. The quantitative estimate of drug-likeness (QED) is 0.773. The monoisotopic (exact) mass is 339 g/mol. The number of fused-ring (bicyclic) bond motifs is 1. The Morgan fingerprint density at radius 1 is 1.26 bits per heavy atom. The number of carbonyl (C=O) groups is 2. The van der Waals surface area contributed by atoms with E-state index in [2.05, 4.69) is 0 Å². The zero-order valence-electron chi connectivity index (χ0n) is 12.8. The van der Waals surface area contributed by atoms with Crippen molar-refractivity contribution in [2.75, 3.05) is 26.9 Å². The maximum atomic E-state index is 12.8. The molecule has 0 saturated carbocycles. The van der Waals surface area contributed by atoms with Crippen LogP contribution in [0.15, 0.2) is 12.1 Å². The Morgan fingerprint density at radius 3 is 2.83 bits per heavy atom. The topological polar surface area (TPSA) is 65.1 Å². The number of amides is 1. The lowest BCUT2D eigenvalue weighted by Crippen LogP contribution is -2.41. The Labute approximate surface area is 139 Å². The first-order valence-electron chi connectivity index (χ1n) is 7.59. The van der Waals surface area contributed by atoms with Crippen molar-refractivity contribution in [2.24, 2.45) is 0 Å². The van der Waals surface area contributed by atoms with E-state index in [-0.39, 0.29) is 5.91 Å². The Kier molecular flexibility index (Phi) is 4.61. The molecule has 1 amide bonds. The number of ether oxygens (including phenoxy) is 3. The van der Waals surface area contributed by atoms with Crippen LogP contribution in [0.3, 0.4) is 0 Å². The van der Waals surface area contributed by atoms with Crippen LogP contribution in [0.1, 0.15) is 29.6 Å². The lowest BCUT2D eigenvalue weighted by atomic mass is 10.1. The number of esters is 1. The standard InChI is InChI=1S/C16H18ClNO5/c1-21-16(20)12-4-2-5-18(12)15(19)10-8-11(17)14-13(9-10)22-6-3-7-23-14/h8-9,12H,2-7H2,1H3/t12-/m1/s1. The zero-order chi connectivity index (χ0) is 16.4. The van der Waals surface area contributed by atoms with E-state index in [1.165, 1.54) is 12.0 Å². The van der Waals surface area contributed by atoms with Gasteiger partial charge in [-0.2, -0.15) is 0 Å². The van der Waals surface area contributed by atoms with Crippen LogP contribution in [-0.4, -0.2) is 49.7 Å². The van der Waals surface area contributed by atoms with E-state index >= 15 is 0 Å². The Morgan fingerprint density at radius 2 is 2.04 bits per heavy atom. The molecule has 1 fully saturated rings. The molecule has 2 aliphatic rings. The van der Waals surface area contributed by atoms with Crippen LogP contribution in [0.25, 0.3) is 0 Å². The van der Waals surface area contributed by atoms with Crippen LogP contribution in [-0.2, 0) is 9.53 Å². The van der Waals surface area contributed by atoms with E-state index in [4.69, 9.17) is 25.8 Å². The fourth-order valence-corrected chi connectivity index (χ4v) is 3.18. The summed E-state index contributed by atoms with van der Waals surface area (Å²) in [5.41, 5.74) is 0.384. The molecule has 2 heterocycles. The molecule has 124 valence electrons. The summed E-state index contributed by atoms with van der Waals surface area (Å²) in [6.45, 7) is 1.55. The van der Waals surface area contributed by atoms with Crippen molar-refractivity contribution in [1.82, 2.24) is 4.90 Å². The van der Waals surface area contributed by atoms with Gasteiger partial charge in [0, 0.05) is 18.5 Å². The highest BCUT2D eigenvalue weighted by Crippen LogP contribution is 2.38. The highest BCUT2D eigenvalue weighted by atomic mass is 35.5. The first kappa shape index (κ1) is 15.9. The molecule has 7 heteroatoms. The summed E-state index contributed by atoms with van der Waals surface area (Å²) in [6, 6.07) is 2.65. The number of nitrogens with zero attached hydrogens (tertiary/aromatic N) is 1. The molecule has 3 rings (SSSR count).